The van der Waals surface area contributed by atoms with Gasteiger partial charge >= 0.3 is 0 Å². The molecule has 4 heteroatoms. The van der Waals surface area contributed by atoms with Crippen molar-refractivity contribution in [3.8, 4) is 45.3 Å². The molecule has 0 amide bonds. The van der Waals surface area contributed by atoms with Gasteiger partial charge in [0.15, 0.2) is 17.5 Å². The minimum atomic E-state index is 0.664. The van der Waals surface area contributed by atoms with Gasteiger partial charge in [-0.1, -0.05) is 146 Å². The van der Waals surface area contributed by atoms with E-state index in [1.807, 2.05) is 72.0 Å². The maximum absolute atomic E-state index is 4.97. The molecular weight excluding hydrogens is 567 g/mol. The van der Waals surface area contributed by atoms with Crippen molar-refractivity contribution < 1.29 is 0 Å². The number of benzene rings is 7. The molecule has 0 radical (unpaired) electrons. The van der Waals surface area contributed by atoms with Crippen LogP contribution < -0.4 is 0 Å². The van der Waals surface area contributed by atoms with Crippen LogP contribution >= 0.6 is 11.3 Å². The largest absolute Gasteiger partial charge is 0.208 e. The van der Waals surface area contributed by atoms with E-state index < -0.39 is 0 Å². The van der Waals surface area contributed by atoms with Gasteiger partial charge in [0, 0.05) is 42.2 Å². The third-order valence-corrected chi connectivity index (χ3v) is 9.78. The molecule has 3 nitrogen and oxygen atoms in total. The lowest BCUT2D eigenvalue weighted by Gasteiger charge is -2.10. The van der Waals surface area contributed by atoms with E-state index in [0.717, 1.165) is 22.1 Å². The Morgan fingerprint density at radius 1 is 0.356 bits per heavy atom. The Balaban J connectivity index is 1.25. The highest BCUT2D eigenvalue weighted by molar-refractivity contribution is 7.27. The summed E-state index contributed by atoms with van der Waals surface area (Å²) in [6.07, 6.45) is 0. The molecule has 0 spiro atoms. The number of thiophene rings is 1. The molecule has 2 heterocycles. The fraction of sp³-hybridized carbons (Fsp3) is 0. The van der Waals surface area contributed by atoms with Gasteiger partial charge in [0.25, 0.3) is 0 Å². The van der Waals surface area contributed by atoms with Crippen LogP contribution in [0, 0.1) is 0 Å². The fourth-order valence-corrected chi connectivity index (χ4v) is 7.73. The summed E-state index contributed by atoms with van der Waals surface area (Å²) < 4.78 is 2.65. The molecule has 0 saturated carbocycles. The van der Waals surface area contributed by atoms with Crippen molar-refractivity contribution in [3.05, 3.63) is 152 Å². The molecule has 0 aliphatic rings. The standard InChI is InChI=1S/C41H25N3S/c1-4-11-26(12-5-1)33-17-10-18-34-35-24-21-27-19-20-30-25-31(22-23-32(30)36(27)38(35)45-37(33)34)41-43-39(28-13-6-2-7-14-28)42-40(44-41)29-15-8-3-9-16-29/h1-25H. The van der Waals surface area contributed by atoms with Crippen LogP contribution in [0.5, 0.6) is 0 Å². The first-order chi connectivity index (χ1) is 22.3. The minimum Gasteiger partial charge on any atom is -0.208 e. The highest BCUT2D eigenvalue weighted by Crippen LogP contribution is 2.44. The molecule has 2 aromatic heterocycles. The van der Waals surface area contributed by atoms with Gasteiger partial charge in [0.2, 0.25) is 0 Å². The molecule has 0 aliphatic carbocycles. The quantitative estimate of drug-likeness (QED) is 0.191. The fourth-order valence-electron chi connectivity index (χ4n) is 6.32. The molecule has 9 rings (SSSR count). The van der Waals surface area contributed by atoms with Gasteiger partial charge in [-0.3, -0.25) is 0 Å². The molecule has 9 aromatic rings. The summed E-state index contributed by atoms with van der Waals surface area (Å²) in [5.74, 6) is 2.00. The topological polar surface area (TPSA) is 38.7 Å². The van der Waals surface area contributed by atoms with Crippen molar-refractivity contribution in [1.82, 2.24) is 15.0 Å². The number of nitrogens with zero attached hydrogens (tertiary/aromatic N) is 3. The first-order valence-electron chi connectivity index (χ1n) is 15.0. The first kappa shape index (κ1) is 25.8. The normalized spacial score (nSPS) is 11.6. The molecule has 45 heavy (non-hydrogen) atoms. The predicted molar refractivity (Wildman–Crippen MR) is 189 cm³/mol. The molecule has 0 saturated heterocycles. The lowest BCUT2D eigenvalue weighted by molar-refractivity contribution is 1.07. The van der Waals surface area contributed by atoms with Crippen LogP contribution in [-0.4, -0.2) is 15.0 Å². The van der Waals surface area contributed by atoms with E-state index in [-0.39, 0.29) is 0 Å². The molecular formula is C41H25N3S. The molecule has 0 atom stereocenters. The van der Waals surface area contributed by atoms with Crippen LogP contribution in [0.1, 0.15) is 0 Å². The van der Waals surface area contributed by atoms with E-state index in [2.05, 4.69) is 91.0 Å². The second kappa shape index (κ2) is 10.5. The summed E-state index contributed by atoms with van der Waals surface area (Å²) >= 11 is 1.89. The summed E-state index contributed by atoms with van der Waals surface area (Å²) in [4.78, 5) is 14.8. The van der Waals surface area contributed by atoms with Crippen LogP contribution in [0.2, 0.25) is 0 Å². The van der Waals surface area contributed by atoms with Gasteiger partial charge in [-0.2, -0.15) is 0 Å². The van der Waals surface area contributed by atoms with Gasteiger partial charge in [-0.15, -0.1) is 11.3 Å². The second-order valence-corrected chi connectivity index (χ2v) is 12.3. The number of hydrogen-bond donors (Lipinski definition) is 0. The minimum absolute atomic E-state index is 0.664. The predicted octanol–water partition coefficient (Wildman–Crippen LogP) is 11.2. The third kappa shape index (κ3) is 4.38. The van der Waals surface area contributed by atoms with Gasteiger partial charge in [0.05, 0.1) is 0 Å². The molecule has 7 aromatic carbocycles. The Morgan fingerprint density at radius 3 is 1.56 bits per heavy atom. The van der Waals surface area contributed by atoms with E-state index in [1.165, 1.54) is 47.5 Å². The highest BCUT2D eigenvalue weighted by Gasteiger charge is 2.16. The van der Waals surface area contributed by atoms with E-state index in [0.29, 0.717) is 17.5 Å². The molecule has 0 fully saturated rings. The maximum Gasteiger partial charge on any atom is 0.164 e. The molecule has 210 valence electrons. The van der Waals surface area contributed by atoms with Gasteiger partial charge in [0.1, 0.15) is 0 Å². The summed E-state index contributed by atoms with van der Waals surface area (Å²) in [5.41, 5.74) is 5.42. The van der Waals surface area contributed by atoms with Crippen molar-refractivity contribution in [2.45, 2.75) is 0 Å². The SMILES string of the molecule is c1ccc(-c2nc(-c3ccccc3)nc(-c3ccc4c(ccc5ccc6c7cccc(-c8ccccc8)c7sc6c54)c3)n2)cc1. The highest BCUT2D eigenvalue weighted by atomic mass is 32.1. The van der Waals surface area contributed by atoms with Gasteiger partial charge in [-0.05, 0) is 33.4 Å². The van der Waals surface area contributed by atoms with E-state index >= 15 is 0 Å². The maximum atomic E-state index is 4.97. The smallest absolute Gasteiger partial charge is 0.164 e. The summed E-state index contributed by atoms with van der Waals surface area (Å²) in [6.45, 7) is 0. The Bertz CT molecular complexity index is 2460. The summed E-state index contributed by atoms with van der Waals surface area (Å²) in [7, 11) is 0. The monoisotopic (exact) mass is 591 g/mol. The Hall–Kier alpha value is -5.71. The zero-order valence-corrected chi connectivity index (χ0v) is 25.0. The van der Waals surface area contributed by atoms with Crippen molar-refractivity contribution in [3.63, 3.8) is 0 Å². The van der Waals surface area contributed by atoms with Crippen molar-refractivity contribution in [1.29, 1.82) is 0 Å². The zero-order chi connectivity index (χ0) is 29.7. The first-order valence-corrected chi connectivity index (χ1v) is 15.9. The van der Waals surface area contributed by atoms with Crippen LogP contribution in [0.25, 0.3) is 87.0 Å². The Kier molecular flexibility index (Phi) is 6.00. The number of hydrogen-bond acceptors (Lipinski definition) is 4. The number of aromatic nitrogens is 3. The van der Waals surface area contributed by atoms with Crippen molar-refractivity contribution >= 4 is 53.1 Å². The third-order valence-electron chi connectivity index (χ3n) is 8.50. The molecule has 0 unspecified atom stereocenters. The number of rotatable bonds is 4. The van der Waals surface area contributed by atoms with E-state index in [9.17, 15) is 0 Å². The lowest BCUT2D eigenvalue weighted by Crippen LogP contribution is -2.00. The van der Waals surface area contributed by atoms with E-state index in [4.69, 9.17) is 15.0 Å². The lowest BCUT2D eigenvalue weighted by atomic mass is 9.97. The number of fused-ring (bicyclic) bond motifs is 7. The van der Waals surface area contributed by atoms with Crippen molar-refractivity contribution in [2.24, 2.45) is 0 Å². The van der Waals surface area contributed by atoms with Crippen LogP contribution in [0.15, 0.2) is 152 Å². The average Bonchev–Trinajstić information content (AvgIpc) is 3.51. The molecule has 0 N–H and O–H groups in total. The molecule has 0 aliphatic heterocycles. The van der Waals surface area contributed by atoms with Crippen molar-refractivity contribution in [2.75, 3.05) is 0 Å². The Labute approximate surface area is 264 Å². The summed E-state index contributed by atoms with van der Waals surface area (Å²) in [5, 5.41) is 7.54. The second-order valence-electron chi connectivity index (χ2n) is 11.2. The zero-order valence-electron chi connectivity index (χ0n) is 24.2. The summed E-state index contributed by atoms with van der Waals surface area (Å²) in [6, 6.07) is 53.2. The Morgan fingerprint density at radius 2 is 0.889 bits per heavy atom. The van der Waals surface area contributed by atoms with Crippen LogP contribution in [0.4, 0.5) is 0 Å². The van der Waals surface area contributed by atoms with Gasteiger partial charge in [-0.25, -0.2) is 15.0 Å². The van der Waals surface area contributed by atoms with Gasteiger partial charge < -0.3 is 0 Å². The average molecular weight is 592 g/mol. The van der Waals surface area contributed by atoms with Crippen LogP contribution in [-0.2, 0) is 0 Å². The van der Waals surface area contributed by atoms with Crippen LogP contribution in [0.3, 0.4) is 0 Å². The molecule has 0 bridgehead atoms. The van der Waals surface area contributed by atoms with E-state index in [1.54, 1.807) is 0 Å².